The first kappa shape index (κ1) is 12.1. The summed E-state index contributed by atoms with van der Waals surface area (Å²) in [4.78, 5) is 12.6. The Kier molecular flexibility index (Phi) is 4.12. The Hall–Kier alpha value is -1.39. The maximum Gasteiger partial charge on any atom is 0.248 e. The van der Waals surface area contributed by atoms with Gasteiger partial charge in [-0.25, -0.2) is 0 Å². The van der Waals surface area contributed by atoms with Gasteiger partial charge >= 0.3 is 0 Å². The third kappa shape index (κ3) is 3.84. The molecule has 0 bridgehead atoms. The number of anilines is 1. The number of benzene rings is 1. The number of hydrogen-bond acceptors (Lipinski definition) is 2. The Morgan fingerprint density at radius 2 is 1.94 bits per heavy atom. The summed E-state index contributed by atoms with van der Waals surface area (Å²) >= 11 is 4.96. The fourth-order valence-electron chi connectivity index (χ4n) is 1.28. The van der Waals surface area contributed by atoms with Gasteiger partial charge in [-0.1, -0.05) is 18.2 Å². The van der Waals surface area contributed by atoms with Gasteiger partial charge in [-0.3, -0.25) is 4.79 Å². The van der Waals surface area contributed by atoms with Crippen LogP contribution in [-0.2, 0) is 4.79 Å². The first-order chi connectivity index (χ1) is 8.24. The maximum absolute atomic E-state index is 11.6. The van der Waals surface area contributed by atoms with Gasteiger partial charge in [0.25, 0.3) is 0 Å². The van der Waals surface area contributed by atoms with Gasteiger partial charge in [-0.2, -0.15) is 0 Å². The molecule has 1 aromatic heterocycles. The predicted molar refractivity (Wildman–Crippen MR) is 76.1 cm³/mol. The van der Waals surface area contributed by atoms with Crippen LogP contribution >= 0.6 is 27.3 Å². The third-order valence-corrected chi connectivity index (χ3v) is 3.62. The van der Waals surface area contributed by atoms with E-state index in [4.69, 9.17) is 0 Å². The normalized spacial score (nSPS) is 10.6. The van der Waals surface area contributed by atoms with E-state index in [0.717, 1.165) is 14.4 Å². The summed E-state index contributed by atoms with van der Waals surface area (Å²) in [6, 6.07) is 13.3. The minimum atomic E-state index is -0.124. The summed E-state index contributed by atoms with van der Waals surface area (Å²) in [6.07, 6.45) is 3.33. The number of rotatable bonds is 3. The van der Waals surface area contributed by atoms with Crippen LogP contribution in [0.3, 0.4) is 0 Å². The molecule has 86 valence electrons. The smallest absolute Gasteiger partial charge is 0.248 e. The molecule has 0 aliphatic carbocycles. The van der Waals surface area contributed by atoms with Crippen molar-refractivity contribution >= 4 is 44.9 Å². The monoisotopic (exact) mass is 307 g/mol. The highest BCUT2D eigenvalue weighted by atomic mass is 79.9. The number of halogens is 1. The SMILES string of the molecule is O=C(/C=C/c1ccc(Br)s1)Nc1ccccc1. The van der Waals surface area contributed by atoms with Crippen molar-refractivity contribution in [2.75, 3.05) is 5.32 Å². The second-order valence-electron chi connectivity index (χ2n) is 3.33. The third-order valence-electron chi connectivity index (χ3n) is 2.03. The van der Waals surface area contributed by atoms with E-state index < -0.39 is 0 Å². The Morgan fingerprint density at radius 3 is 2.59 bits per heavy atom. The van der Waals surface area contributed by atoms with Crippen LogP contribution < -0.4 is 5.32 Å². The van der Waals surface area contributed by atoms with Gasteiger partial charge in [0.1, 0.15) is 0 Å². The molecular weight excluding hydrogens is 298 g/mol. The van der Waals surface area contributed by atoms with Gasteiger partial charge in [0.15, 0.2) is 0 Å². The number of amides is 1. The zero-order valence-corrected chi connectivity index (χ0v) is 11.3. The molecule has 1 heterocycles. The maximum atomic E-state index is 11.6. The number of para-hydroxylation sites is 1. The molecule has 1 amide bonds. The van der Waals surface area contributed by atoms with Gasteiger partial charge in [0.2, 0.25) is 5.91 Å². The molecule has 0 aliphatic rings. The lowest BCUT2D eigenvalue weighted by molar-refractivity contribution is -0.111. The van der Waals surface area contributed by atoms with Gasteiger partial charge < -0.3 is 5.32 Å². The Balaban J connectivity index is 1.96. The summed E-state index contributed by atoms with van der Waals surface area (Å²) < 4.78 is 1.06. The van der Waals surface area contributed by atoms with Crippen molar-refractivity contribution in [1.29, 1.82) is 0 Å². The molecule has 17 heavy (non-hydrogen) atoms. The highest BCUT2D eigenvalue weighted by Gasteiger charge is 1.97. The minimum absolute atomic E-state index is 0.124. The van der Waals surface area contributed by atoms with Crippen molar-refractivity contribution in [2.45, 2.75) is 0 Å². The van der Waals surface area contributed by atoms with Crippen molar-refractivity contribution in [3.05, 3.63) is 57.2 Å². The molecule has 0 fully saturated rings. The molecule has 0 unspecified atom stereocenters. The van der Waals surface area contributed by atoms with E-state index in [-0.39, 0.29) is 5.91 Å². The van der Waals surface area contributed by atoms with E-state index in [0.29, 0.717) is 0 Å². The van der Waals surface area contributed by atoms with Crippen LogP contribution in [0.5, 0.6) is 0 Å². The molecule has 1 aromatic carbocycles. The van der Waals surface area contributed by atoms with Crippen LogP contribution in [0.1, 0.15) is 4.88 Å². The Labute approximate surface area is 112 Å². The summed E-state index contributed by atoms with van der Waals surface area (Å²) in [5.41, 5.74) is 0.800. The van der Waals surface area contributed by atoms with E-state index in [1.807, 2.05) is 42.5 Å². The lowest BCUT2D eigenvalue weighted by Gasteiger charge is -1.99. The Bertz CT molecular complexity index is 533. The molecule has 0 aliphatic heterocycles. The fraction of sp³-hybridized carbons (Fsp3) is 0. The van der Waals surface area contributed by atoms with Crippen LogP contribution in [0.2, 0.25) is 0 Å². The molecule has 0 saturated heterocycles. The number of thiophene rings is 1. The van der Waals surface area contributed by atoms with E-state index >= 15 is 0 Å². The van der Waals surface area contributed by atoms with Gasteiger partial charge in [0.05, 0.1) is 3.79 Å². The molecule has 2 rings (SSSR count). The second-order valence-corrected chi connectivity index (χ2v) is 5.83. The van der Waals surface area contributed by atoms with E-state index in [2.05, 4.69) is 21.2 Å². The molecule has 0 radical (unpaired) electrons. The predicted octanol–water partition coefficient (Wildman–Crippen LogP) is 4.16. The molecule has 0 saturated carbocycles. The summed E-state index contributed by atoms with van der Waals surface area (Å²) in [7, 11) is 0. The number of nitrogens with one attached hydrogen (secondary N) is 1. The van der Waals surface area contributed by atoms with Gasteiger partial charge in [-0.05, 0) is 46.3 Å². The topological polar surface area (TPSA) is 29.1 Å². The zero-order chi connectivity index (χ0) is 12.1. The molecular formula is C13H10BrNOS. The van der Waals surface area contributed by atoms with Crippen molar-refractivity contribution in [2.24, 2.45) is 0 Å². The van der Waals surface area contributed by atoms with Gasteiger partial charge in [-0.15, -0.1) is 11.3 Å². The van der Waals surface area contributed by atoms with Crippen molar-refractivity contribution in [3.63, 3.8) is 0 Å². The number of hydrogen-bond donors (Lipinski definition) is 1. The fourth-order valence-corrected chi connectivity index (χ4v) is 2.61. The first-order valence-electron chi connectivity index (χ1n) is 5.03. The molecule has 2 aromatic rings. The standard InChI is InChI=1S/C13H10BrNOS/c14-12-8-6-11(17-12)7-9-13(16)15-10-4-2-1-3-5-10/h1-9H,(H,15,16)/b9-7+. The van der Waals surface area contributed by atoms with E-state index in [1.165, 1.54) is 6.08 Å². The van der Waals surface area contributed by atoms with Crippen molar-refractivity contribution in [3.8, 4) is 0 Å². The average Bonchev–Trinajstić information content (AvgIpc) is 2.74. The van der Waals surface area contributed by atoms with Crippen molar-refractivity contribution in [1.82, 2.24) is 0 Å². The van der Waals surface area contributed by atoms with Gasteiger partial charge in [0, 0.05) is 16.6 Å². The molecule has 1 N–H and O–H groups in total. The summed E-state index contributed by atoms with van der Waals surface area (Å²) in [5.74, 6) is -0.124. The molecule has 4 heteroatoms. The average molecular weight is 308 g/mol. The largest absolute Gasteiger partial charge is 0.323 e. The number of carbonyl (C=O) groups is 1. The van der Waals surface area contributed by atoms with Crippen LogP contribution in [0.15, 0.2) is 52.3 Å². The summed E-state index contributed by atoms with van der Waals surface area (Å²) in [6.45, 7) is 0. The van der Waals surface area contributed by atoms with Crippen LogP contribution in [-0.4, -0.2) is 5.91 Å². The minimum Gasteiger partial charge on any atom is -0.323 e. The lowest BCUT2D eigenvalue weighted by Crippen LogP contribution is -2.07. The highest BCUT2D eigenvalue weighted by molar-refractivity contribution is 9.11. The lowest BCUT2D eigenvalue weighted by atomic mass is 10.3. The van der Waals surface area contributed by atoms with E-state index in [1.54, 1.807) is 17.4 Å². The highest BCUT2D eigenvalue weighted by Crippen LogP contribution is 2.22. The van der Waals surface area contributed by atoms with Crippen molar-refractivity contribution < 1.29 is 4.79 Å². The Morgan fingerprint density at radius 1 is 1.18 bits per heavy atom. The molecule has 0 atom stereocenters. The number of carbonyl (C=O) groups excluding carboxylic acids is 1. The quantitative estimate of drug-likeness (QED) is 0.848. The molecule has 2 nitrogen and oxygen atoms in total. The first-order valence-corrected chi connectivity index (χ1v) is 6.64. The molecule has 0 spiro atoms. The zero-order valence-electron chi connectivity index (χ0n) is 8.89. The van der Waals surface area contributed by atoms with Crippen LogP contribution in [0.4, 0.5) is 5.69 Å². The second kappa shape index (κ2) is 5.80. The van der Waals surface area contributed by atoms with Crippen LogP contribution in [0, 0.1) is 0 Å². The summed E-state index contributed by atoms with van der Waals surface area (Å²) in [5, 5.41) is 2.79. The van der Waals surface area contributed by atoms with E-state index in [9.17, 15) is 4.79 Å². The van der Waals surface area contributed by atoms with Crippen LogP contribution in [0.25, 0.3) is 6.08 Å².